The first-order valence-electron chi connectivity index (χ1n) is 8.80. The third-order valence-electron chi connectivity index (χ3n) is 7.23. The lowest BCUT2D eigenvalue weighted by Gasteiger charge is -2.54. The van der Waals surface area contributed by atoms with E-state index in [-0.39, 0.29) is 22.5 Å². The fourth-order valence-electron chi connectivity index (χ4n) is 6.47. The summed E-state index contributed by atoms with van der Waals surface area (Å²) in [5.74, 6) is 2.58. The molecule has 6 atom stereocenters. The molecule has 4 aliphatic rings. The summed E-state index contributed by atoms with van der Waals surface area (Å²) in [6.45, 7) is 6.89. The van der Waals surface area contributed by atoms with Gasteiger partial charge < -0.3 is 0 Å². The average Bonchev–Trinajstić information content (AvgIpc) is 2.73. The second-order valence-electron chi connectivity index (χ2n) is 8.82. The molecule has 0 amide bonds. The van der Waals surface area contributed by atoms with E-state index in [9.17, 15) is 9.59 Å². The Kier molecular flexibility index (Phi) is 2.90. The zero-order chi connectivity index (χ0) is 15.7. The summed E-state index contributed by atoms with van der Waals surface area (Å²) in [4.78, 5) is 24.8. The Morgan fingerprint density at radius 2 is 2.00 bits per heavy atom. The molecule has 0 radical (unpaired) electrons. The van der Waals surface area contributed by atoms with Crippen molar-refractivity contribution in [2.45, 2.75) is 52.9 Å². The molecule has 0 aromatic heterocycles. The first kappa shape index (κ1) is 14.4. The summed E-state index contributed by atoms with van der Waals surface area (Å²) in [5, 5.41) is 0. The van der Waals surface area contributed by atoms with Gasteiger partial charge in [0.2, 0.25) is 0 Å². The standard InChI is InChI=1S/C20H26O2/c1-12-8-16-15-5-4-13-9-14(21)6-7-20(13,3)18(15)17(22)11-19(16,2)10-12/h6-7,9,12,15-16,18H,4-5,8,10-11H2,1-3H3/t12?,15?,16?,18?,19-,20-/m0/s1. The number of allylic oxidation sites excluding steroid dienone is 4. The van der Waals surface area contributed by atoms with Gasteiger partial charge in [0.15, 0.2) is 5.78 Å². The molecule has 118 valence electrons. The van der Waals surface area contributed by atoms with Crippen molar-refractivity contribution in [2.24, 2.45) is 34.5 Å². The molecule has 0 saturated heterocycles. The van der Waals surface area contributed by atoms with Gasteiger partial charge in [-0.3, -0.25) is 9.59 Å². The average molecular weight is 298 g/mol. The number of hydrogen-bond donors (Lipinski definition) is 0. The fraction of sp³-hybridized carbons (Fsp3) is 0.700. The van der Waals surface area contributed by atoms with Gasteiger partial charge in [0.05, 0.1) is 0 Å². The van der Waals surface area contributed by atoms with Crippen molar-refractivity contribution >= 4 is 11.6 Å². The van der Waals surface area contributed by atoms with Gasteiger partial charge in [-0.2, -0.15) is 0 Å². The lowest BCUT2D eigenvalue weighted by atomic mass is 9.48. The third-order valence-corrected chi connectivity index (χ3v) is 7.23. The molecule has 4 rings (SSSR count). The Hall–Kier alpha value is -1.18. The van der Waals surface area contributed by atoms with Crippen molar-refractivity contribution in [2.75, 3.05) is 0 Å². The van der Waals surface area contributed by atoms with Gasteiger partial charge in [-0.05, 0) is 61.0 Å². The molecule has 4 aliphatic carbocycles. The maximum absolute atomic E-state index is 13.1. The van der Waals surface area contributed by atoms with Crippen LogP contribution in [0, 0.1) is 34.5 Å². The zero-order valence-corrected chi connectivity index (χ0v) is 13.9. The van der Waals surface area contributed by atoms with Crippen LogP contribution in [0.1, 0.15) is 52.9 Å². The highest BCUT2D eigenvalue weighted by molar-refractivity contribution is 6.01. The summed E-state index contributed by atoms with van der Waals surface area (Å²) >= 11 is 0. The molecule has 22 heavy (non-hydrogen) atoms. The van der Waals surface area contributed by atoms with E-state index in [0.29, 0.717) is 17.6 Å². The number of carbonyl (C=O) groups is 2. The van der Waals surface area contributed by atoms with Gasteiger partial charge in [-0.1, -0.05) is 32.4 Å². The molecule has 3 saturated carbocycles. The van der Waals surface area contributed by atoms with E-state index in [1.54, 1.807) is 12.2 Å². The molecule has 4 unspecified atom stereocenters. The third kappa shape index (κ3) is 1.79. The van der Waals surface area contributed by atoms with Crippen molar-refractivity contribution in [3.8, 4) is 0 Å². The second kappa shape index (κ2) is 4.43. The van der Waals surface area contributed by atoms with Gasteiger partial charge in [0, 0.05) is 17.8 Å². The van der Waals surface area contributed by atoms with Crippen LogP contribution in [0.3, 0.4) is 0 Å². The highest BCUT2D eigenvalue weighted by Crippen LogP contribution is 2.64. The van der Waals surface area contributed by atoms with Crippen molar-refractivity contribution in [3.63, 3.8) is 0 Å². The SMILES string of the molecule is CC1CC2C3CCC4=CC(=O)C=C[C@]4(C)C3C(=O)C[C@]2(C)C1. The molecule has 2 nitrogen and oxygen atoms in total. The van der Waals surface area contributed by atoms with Crippen molar-refractivity contribution in [1.29, 1.82) is 0 Å². The van der Waals surface area contributed by atoms with E-state index in [0.717, 1.165) is 25.2 Å². The number of hydrogen-bond acceptors (Lipinski definition) is 2. The number of Topliss-reactive ketones (excluding diaryl/α,β-unsaturated/α-hetero) is 1. The van der Waals surface area contributed by atoms with Crippen LogP contribution >= 0.6 is 0 Å². The highest BCUT2D eigenvalue weighted by Gasteiger charge is 2.59. The maximum atomic E-state index is 13.1. The number of ketones is 2. The van der Waals surface area contributed by atoms with Crippen molar-refractivity contribution in [1.82, 2.24) is 0 Å². The predicted molar refractivity (Wildman–Crippen MR) is 86.2 cm³/mol. The topological polar surface area (TPSA) is 34.1 Å². The molecule has 0 heterocycles. The van der Waals surface area contributed by atoms with Crippen LogP contribution < -0.4 is 0 Å². The fourth-order valence-corrected chi connectivity index (χ4v) is 6.47. The van der Waals surface area contributed by atoms with E-state index in [4.69, 9.17) is 0 Å². The maximum Gasteiger partial charge on any atom is 0.178 e. The van der Waals surface area contributed by atoms with Crippen molar-refractivity contribution in [3.05, 3.63) is 23.8 Å². The van der Waals surface area contributed by atoms with Crippen LogP contribution in [0.2, 0.25) is 0 Å². The predicted octanol–water partition coefficient (Wildman–Crippen LogP) is 4.11. The monoisotopic (exact) mass is 298 g/mol. The smallest absolute Gasteiger partial charge is 0.178 e. The lowest BCUT2D eigenvalue weighted by molar-refractivity contribution is -0.140. The Labute approximate surface area is 133 Å². The summed E-state index contributed by atoms with van der Waals surface area (Å²) in [6, 6.07) is 0. The van der Waals surface area contributed by atoms with E-state index in [1.807, 2.05) is 6.08 Å². The van der Waals surface area contributed by atoms with Gasteiger partial charge in [0.25, 0.3) is 0 Å². The van der Waals surface area contributed by atoms with Gasteiger partial charge in [0.1, 0.15) is 5.78 Å². The van der Waals surface area contributed by atoms with E-state index in [2.05, 4.69) is 20.8 Å². The molecule has 0 N–H and O–H groups in total. The lowest BCUT2D eigenvalue weighted by Crippen LogP contribution is -2.52. The molecule has 0 aromatic rings. The Bertz CT molecular complexity index is 613. The van der Waals surface area contributed by atoms with E-state index in [1.165, 1.54) is 18.4 Å². The zero-order valence-electron chi connectivity index (χ0n) is 13.9. The summed E-state index contributed by atoms with van der Waals surface area (Å²) in [7, 11) is 0. The van der Waals surface area contributed by atoms with E-state index < -0.39 is 0 Å². The normalized spacial score (nSPS) is 50.2. The van der Waals surface area contributed by atoms with Crippen LogP contribution in [0.15, 0.2) is 23.8 Å². The quantitative estimate of drug-likeness (QED) is 0.674. The van der Waals surface area contributed by atoms with Crippen LogP contribution in [0.25, 0.3) is 0 Å². The number of rotatable bonds is 0. The minimum atomic E-state index is -0.207. The van der Waals surface area contributed by atoms with Crippen LogP contribution in [-0.2, 0) is 9.59 Å². The largest absolute Gasteiger partial charge is 0.299 e. The summed E-state index contributed by atoms with van der Waals surface area (Å²) in [5.41, 5.74) is 1.22. The van der Waals surface area contributed by atoms with Crippen LogP contribution in [-0.4, -0.2) is 11.6 Å². The van der Waals surface area contributed by atoms with Crippen LogP contribution in [0.5, 0.6) is 0 Å². The summed E-state index contributed by atoms with van der Waals surface area (Å²) < 4.78 is 0. The van der Waals surface area contributed by atoms with Gasteiger partial charge in [-0.25, -0.2) is 0 Å². The first-order valence-corrected chi connectivity index (χ1v) is 8.80. The van der Waals surface area contributed by atoms with Crippen molar-refractivity contribution < 1.29 is 9.59 Å². The number of fused-ring (bicyclic) bond motifs is 5. The minimum Gasteiger partial charge on any atom is -0.299 e. The molecule has 2 heteroatoms. The molecule has 0 aromatic carbocycles. The van der Waals surface area contributed by atoms with Crippen LogP contribution in [0.4, 0.5) is 0 Å². The Morgan fingerprint density at radius 1 is 1.23 bits per heavy atom. The van der Waals surface area contributed by atoms with E-state index >= 15 is 0 Å². The Morgan fingerprint density at radius 3 is 2.77 bits per heavy atom. The molecule has 0 bridgehead atoms. The minimum absolute atomic E-state index is 0.0912. The molecule has 0 spiro atoms. The Balaban J connectivity index is 1.77. The first-order chi connectivity index (χ1) is 10.3. The second-order valence-corrected chi connectivity index (χ2v) is 8.82. The van der Waals surface area contributed by atoms with Gasteiger partial charge >= 0.3 is 0 Å². The molecule has 3 fully saturated rings. The number of carbonyl (C=O) groups excluding carboxylic acids is 2. The van der Waals surface area contributed by atoms with Gasteiger partial charge in [-0.15, -0.1) is 0 Å². The molecular weight excluding hydrogens is 272 g/mol. The molecule has 0 aliphatic heterocycles. The summed E-state index contributed by atoms with van der Waals surface area (Å²) in [6.07, 6.45) is 10.8. The molecular formula is C20H26O2. The highest BCUT2D eigenvalue weighted by atomic mass is 16.1.